The number of nitrogens with zero attached hydrogens (tertiary/aromatic N) is 3. The molecule has 1 aromatic heterocycles. The first-order valence-corrected chi connectivity index (χ1v) is 6.16. The van der Waals surface area contributed by atoms with Gasteiger partial charge in [-0.3, -0.25) is 4.68 Å². The Morgan fingerprint density at radius 3 is 2.80 bits per heavy atom. The predicted molar refractivity (Wildman–Crippen MR) is 55.6 cm³/mol. The molecule has 1 heterocycles. The zero-order valence-electron chi connectivity index (χ0n) is 8.77. The van der Waals surface area contributed by atoms with Gasteiger partial charge in [0, 0.05) is 20.1 Å². The summed E-state index contributed by atoms with van der Waals surface area (Å²) in [6, 6.07) is 0. The van der Waals surface area contributed by atoms with Gasteiger partial charge in [0.2, 0.25) is 10.0 Å². The molecule has 7 nitrogen and oxygen atoms in total. The highest BCUT2D eigenvalue weighted by Gasteiger charge is 2.06. The molecule has 1 rings (SSSR count). The topological polar surface area (TPSA) is 88.9 Å². The summed E-state index contributed by atoms with van der Waals surface area (Å²) in [6.45, 7) is 0.955. The predicted octanol–water partition coefficient (Wildman–Crippen LogP) is -1.55. The first-order valence-electron chi connectivity index (χ1n) is 4.50. The van der Waals surface area contributed by atoms with Crippen LogP contribution in [0, 0.1) is 0 Å². The Labute approximate surface area is 88.9 Å². The van der Waals surface area contributed by atoms with E-state index in [4.69, 9.17) is 0 Å². The Morgan fingerprint density at radius 1 is 1.53 bits per heavy atom. The third-order valence-electron chi connectivity index (χ3n) is 1.97. The molecule has 8 heteroatoms. The zero-order chi connectivity index (χ0) is 11.3. The molecule has 0 fully saturated rings. The number of sulfonamides is 1. The molecule has 2 N–H and O–H groups in total. The molecule has 0 bridgehead atoms. The molecule has 0 amide bonds. The molecule has 86 valence electrons. The molecule has 0 aliphatic carbocycles. The van der Waals surface area contributed by atoms with Crippen LogP contribution >= 0.6 is 0 Å². The third-order valence-corrected chi connectivity index (χ3v) is 3.34. The number of aromatic nitrogens is 3. The Bertz CT molecular complexity index is 399. The standard InChI is InChI=1S/C7H15N5O2S/c1-8-15(13,14)4-3-9-5-7-6-10-11-12(7)2/h6,8-9H,3-5H2,1-2H3. The average molecular weight is 233 g/mol. The number of rotatable bonds is 6. The third kappa shape index (κ3) is 3.94. The van der Waals surface area contributed by atoms with Crippen LogP contribution in [0.1, 0.15) is 5.69 Å². The summed E-state index contributed by atoms with van der Waals surface area (Å²) in [7, 11) is 0.0680. The minimum Gasteiger partial charge on any atom is -0.310 e. The van der Waals surface area contributed by atoms with Crippen LogP contribution in [-0.2, 0) is 23.6 Å². The largest absolute Gasteiger partial charge is 0.310 e. The summed E-state index contributed by atoms with van der Waals surface area (Å²) in [5.41, 5.74) is 0.914. The Kier molecular flexibility index (Phi) is 4.18. The van der Waals surface area contributed by atoms with Gasteiger partial charge < -0.3 is 5.32 Å². The van der Waals surface area contributed by atoms with Gasteiger partial charge in [-0.25, -0.2) is 13.1 Å². The second-order valence-corrected chi connectivity index (χ2v) is 5.09. The Balaban J connectivity index is 2.26. The van der Waals surface area contributed by atoms with Gasteiger partial charge in [0.05, 0.1) is 17.6 Å². The molecule has 0 unspecified atom stereocenters. The van der Waals surface area contributed by atoms with E-state index in [1.54, 1.807) is 17.9 Å². The lowest BCUT2D eigenvalue weighted by atomic mass is 10.4. The van der Waals surface area contributed by atoms with Crippen LogP contribution in [0.2, 0.25) is 0 Å². The molecule has 0 spiro atoms. The fraction of sp³-hybridized carbons (Fsp3) is 0.714. The molecule has 0 saturated carbocycles. The Hall–Kier alpha value is -0.990. The van der Waals surface area contributed by atoms with E-state index >= 15 is 0 Å². The molecule has 0 radical (unpaired) electrons. The molecule has 0 aliphatic heterocycles. The van der Waals surface area contributed by atoms with E-state index in [-0.39, 0.29) is 5.75 Å². The van der Waals surface area contributed by atoms with E-state index in [0.29, 0.717) is 13.1 Å². The van der Waals surface area contributed by atoms with E-state index in [2.05, 4.69) is 20.4 Å². The molecular weight excluding hydrogens is 218 g/mol. The van der Waals surface area contributed by atoms with E-state index in [1.165, 1.54) is 7.05 Å². The maximum Gasteiger partial charge on any atom is 0.212 e. The van der Waals surface area contributed by atoms with Gasteiger partial charge in [-0.2, -0.15) is 0 Å². The molecule has 1 aromatic rings. The lowest BCUT2D eigenvalue weighted by molar-refractivity contribution is 0.579. The lowest BCUT2D eigenvalue weighted by Crippen LogP contribution is -2.29. The number of hydrogen-bond donors (Lipinski definition) is 2. The van der Waals surface area contributed by atoms with Crippen LogP contribution in [0.25, 0.3) is 0 Å². The normalized spacial score (nSPS) is 11.9. The van der Waals surface area contributed by atoms with Gasteiger partial charge in [0.15, 0.2) is 0 Å². The second kappa shape index (κ2) is 5.19. The second-order valence-electron chi connectivity index (χ2n) is 3.05. The van der Waals surface area contributed by atoms with Gasteiger partial charge in [0.1, 0.15) is 0 Å². The van der Waals surface area contributed by atoms with Crippen molar-refractivity contribution in [2.75, 3.05) is 19.3 Å². The highest BCUT2D eigenvalue weighted by Crippen LogP contribution is 1.91. The molecule has 15 heavy (non-hydrogen) atoms. The molecule has 0 atom stereocenters. The minimum atomic E-state index is -3.12. The van der Waals surface area contributed by atoms with Crippen LogP contribution in [0.5, 0.6) is 0 Å². The summed E-state index contributed by atoms with van der Waals surface area (Å²) in [5, 5.41) is 10.5. The minimum absolute atomic E-state index is 0.0643. The fourth-order valence-corrected chi connectivity index (χ4v) is 1.61. The highest BCUT2D eigenvalue weighted by atomic mass is 32.2. The van der Waals surface area contributed by atoms with E-state index in [1.807, 2.05) is 0 Å². The van der Waals surface area contributed by atoms with Gasteiger partial charge in [-0.15, -0.1) is 5.10 Å². The van der Waals surface area contributed by atoms with Crippen LogP contribution in [0.4, 0.5) is 0 Å². The highest BCUT2D eigenvalue weighted by molar-refractivity contribution is 7.89. The van der Waals surface area contributed by atoms with E-state index in [0.717, 1.165) is 5.69 Å². The first-order chi connectivity index (χ1) is 7.05. The van der Waals surface area contributed by atoms with Crippen molar-refractivity contribution in [1.29, 1.82) is 0 Å². The summed E-state index contributed by atoms with van der Waals surface area (Å²) >= 11 is 0. The van der Waals surface area contributed by atoms with Crippen LogP contribution < -0.4 is 10.0 Å². The van der Waals surface area contributed by atoms with Gasteiger partial charge >= 0.3 is 0 Å². The smallest absolute Gasteiger partial charge is 0.212 e. The molecule has 0 aromatic carbocycles. The van der Waals surface area contributed by atoms with Crippen molar-refractivity contribution >= 4 is 10.0 Å². The molecular formula is C7H15N5O2S. The van der Waals surface area contributed by atoms with E-state index < -0.39 is 10.0 Å². The lowest BCUT2D eigenvalue weighted by Gasteiger charge is -2.04. The summed E-state index contributed by atoms with van der Waals surface area (Å²) in [6.07, 6.45) is 1.64. The van der Waals surface area contributed by atoms with Crippen molar-refractivity contribution < 1.29 is 8.42 Å². The quantitative estimate of drug-likeness (QED) is 0.581. The van der Waals surface area contributed by atoms with Crippen molar-refractivity contribution in [2.24, 2.45) is 7.05 Å². The maximum absolute atomic E-state index is 11.0. The first kappa shape index (κ1) is 12.1. The molecule has 0 saturated heterocycles. The van der Waals surface area contributed by atoms with Gasteiger partial charge in [0.25, 0.3) is 0 Å². The molecule has 0 aliphatic rings. The van der Waals surface area contributed by atoms with Crippen molar-refractivity contribution in [2.45, 2.75) is 6.54 Å². The van der Waals surface area contributed by atoms with Crippen molar-refractivity contribution in [3.05, 3.63) is 11.9 Å². The van der Waals surface area contributed by atoms with Gasteiger partial charge in [-0.05, 0) is 7.05 Å². The van der Waals surface area contributed by atoms with E-state index in [9.17, 15) is 8.42 Å². The number of aryl methyl sites for hydroxylation is 1. The fourth-order valence-electron chi connectivity index (χ4n) is 0.996. The summed E-state index contributed by atoms with van der Waals surface area (Å²) in [5.74, 6) is 0.0643. The van der Waals surface area contributed by atoms with Crippen molar-refractivity contribution in [3.63, 3.8) is 0 Å². The number of nitrogens with one attached hydrogen (secondary N) is 2. The zero-order valence-corrected chi connectivity index (χ0v) is 9.58. The average Bonchev–Trinajstić information content (AvgIpc) is 2.59. The monoisotopic (exact) mass is 233 g/mol. The number of hydrogen-bond acceptors (Lipinski definition) is 5. The van der Waals surface area contributed by atoms with Crippen LogP contribution in [-0.4, -0.2) is 42.8 Å². The SMILES string of the molecule is CNS(=O)(=O)CCNCc1cnnn1C. The summed E-state index contributed by atoms with van der Waals surface area (Å²) in [4.78, 5) is 0. The summed E-state index contributed by atoms with van der Waals surface area (Å²) < 4.78 is 26.0. The van der Waals surface area contributed by atoms with Crippen LogP contribution in [0.15, 0.2) is 6.20 Å². The maximum atomic E-state index is 11.0. The van der Waals surface area contributed by atoms with Gasteiger partial charge in [-0.1, -0.05) is 5.21 Å². The Morgan fingerprint density at radius 2 is 2.27 bits per heavy atom. The van der Waals surface area contributed by atoms with Crippen LogP contribution in [0.3, 0.4) is 0 Å². The van der Waals surface area contributed by atoms with Crippen molar-refractivity contribution in [3.8, 4) is 0 Å². The van der Waals surface area contributed by atoms with Crippen molar-refractivity contribution in [1.82, 2.24) is 25.0 Å².